The van der Waals surface area contributed by atoms with Crippen molar-refractivity contribution in [2.45, 2.75) is 13.3 Å². The molecule has 140 valence electrons. The molecule has 0 spiro atoms. The zero-order valence-electron chi connectivity index (χ0n) is 14.8. The fraction of sp³-hybridized carbons (Fsp3) is 0.105. The topological polar surface area (TPSA) is 85.6 Å². The van der Waals surface area contributed by atoms with Gasteiger partial charge < -0.3 is 0 Å². The number of carbonyl (C=O) groups excluding carboxylic acids is 1. The lowest BCUT2D eigenvalue weighted by Crippen LogP contribution is -2.12. The van der Waals surface area contributed by atoms with E-state index in [1.54, 1.807) is 30.3 Å². The van der Waals surface area contributed by atoms with Crippen LogP contribution in [0.5, 0.6) is 0 Å². The number of nitrogens with zero attached hydrogens (tertiary/aromatic N) is 5. The molecule has 4 aromatic rings. The van der Waals surface area contributed by atoms with Gasteiger partial charge in [-0.15, -0.1) is 16.4 Å². The zero-order valence-corrected chi connectivity index (χ0v) is 15.7. The molecule has 0 saturated heterocycles. The van der Waals surface area contributed by atoms with Gasteiger partial charge in [-0.2, -0.15) is 0 Å². The molecule has 0 fully saturated rings. The summed E-state index contributed by atoms with van der Waals surface area (Å²) in [5.74, 6) is -0.529. The lowest BCUT2D eigenvalue weighted by Gasteiger charge is -2.04. The lowest BCUT2D eigenvalue weighted by molar-refractivity contribution is 0.102. The van der Waals surface area contributed by atoms with Crippen molar-refractivity contribution in [3.63, 3.8) is 0 Å². The highest BCUT2D eigenvalue weighted by Gasteiger charge is 2.13. The number of nitrogens with one attached hydrogen (secondary N) is 1. The van der Waals surface area contributed by atoms with Gasteiger partial charge in [0, 0.05) is 16.9 Å². The summed E-state index contributed by atoms with van der Waals surface area (Å²) in [5, 5.41) is 14.4. The van der Waals surface area contributed by atoms with Crippen molar-refractivity contribution in [2.75, 3.05) is 5.32 Å². The normalized spacial score (nSPS) is 10.8. The number of aromatic nitrogens is 5. The first-order chi connectivity index (χ1) is 13.6. The van der Waals surface area contributed by atoms with Crippen LogP contribution in [0.4, 0.5) is 9.52 Å². The molecule has 2 aromatic heterocycles. The summed E-state index contributed by atoms with van der Waals surface area (Å²) in [6, 6.07) is 13.3. The first-order valence-corrected chi connectivity index (χ1v) is 9.25. The molecule has 2 aromatic carbocycles. The third-order valence-electron chi connectivity index (χ3n) is 4.11. The number of hydrogen-bond acceptors (Lipinski definition) is 6. The molecule has 0 aliphatic carbocycles. The molecule has 0 aliphatic heterocycles. The minimum atomic E-state index is -0.267. The first-order valence-electron chi connectivity index (χ1n) is 8.44. The van der Waals surface area contributed by atoms with E-state index in [-0.39, 0.29) is 11.7 Å². The van der Waals surface area contributed by atoms with Crippen LogP contribution in [-0.4, -0.2) is 31.1 Å². The Morgan fingerprint density at radius 3 is 2.79 bits per heavy atom. The maximum Gasteiger partial charge on any atom is 0.257 e. The molecule has 0 radical (unpaired) electrons. The predicted molar refractivity (Wildman–Crippen MR) is 103 cm³/mol. The summed E-state index contributed by atoms with van der Waals surface area (Å²) < 4.78 is 14.5. The third-order valence-corrected chi connectivity index (χ3v) is 5.19. The Morgan fingerprint density at radius 1 is 1.21 bits per heavy atom. The van der Waals surface area contributed by atoms with Gasteiger partial charge in [0.05, 0.1) is 11.4 Å². The Morgan fingerprint density at radius 2 is 2.04 bits per heavy atom. The number of benzene rings is 2. The Bertz CT molecular complexity index is 1110. The van der Waals surface area contributed by atoms with Crippen LogP contribution in [0.3, 0.4) is 0 Å². The Balaban J connectivity index is 1.49. The number of anilines is 1. The predicted octanol–water partition coefficient (Wildman–Crippen LogP) is 3.41. The van der Waals surface area contributed by atoms with Gasteiger partial charge in [0.15, 0.2) is 5.13 Å². The van der Waals surface area contributed by atoms with E-state index < -0.39 is 0 Å². The molecular weight excluding hydrogens is 379 g/mol. The van der Waals surface area contributed by atoms with E-state index in [0.29, 0.717) is 22.8 Å². The largest absolute Gasteiger partial charge is 0.298 e. The van der Waals surface area contributed by atoms with Crippen LogP contribution in [0.1, 0.15) is 26.5 Å². The van der Waals surface area contributed by atoms with Crippen molar-refractivity contribution in [1.29, 1.82) is 0 Å². The Kier molecular flexibility index (Phi) is 4.90. The molecule has 28 heavy (non-hydrogen) atoms. The number of halogens is 1. The van der Waals surface area contributed by atoms with Gasteiger partial charge >= 0.3 is 0 Å². The molecule has 0 bridgehead atoms. The second-order valence-electron chi connectivity index (χ2n) is 6.09. The van der Waals surface area contributed by atoms with Crippen molar-refractivity contribution >= 4 is 22.4 Å². The van der Waals surface area contributed by atoms with Crippen LogP contribution in [0.25, 0.3) is 5.69 Å². The minimum absolute atomic E-state index is 0.262. The number of tetrazole rings is 1. The molecule has 1 N–H and O–H groups in total. The van der Waals surface area contributed by atoms with Gasteiger partial charge in [0.25, 0.3) is 5.91 Å². The van der Waals surface area contributed by atoms with E-state index in [4.69, 9.17) is 0 Å². The number of rotatable bonds is 5. The maximum atomic E-state index is 13.1. The molecule has 0 aliphatic rings. The second kappa shape index (κ2) is 7.65. The van der Waals surface area contributed by atoms with Gasteiger partial charge in [0.1, 0.15) is 12.1 Å². The fourth-order valence-electron chi connectivity index (χ4n) is 2.67. The number of aryl methyl sites for hydroxylation is 1. The van der Waals surface area contributed by atoms with E-state index in [1.165, 1.54) is 34.5 Å². The summed E-state index contributed by atoms with van der Waals surface area (Å²) >= 11 is 1.41. The molecule has 9 heteroatoms. The molecule has 2 heterocycles. The van der Waals surface area contributed by atoms with Crippen molar-refractivity contribution < 1.29 is 9.18 Å². The average Bonchev–Trinajstić information content (AvgIpc) is 3.34. The van der Waals surface area contributed by atoms with Gasteiger partial charge in [-0.1, -0.05) is 18.2 Å². The lowest BCUT2D eigenvalue weighted by atomic mass is 10.1. The van der Waals surface area contributed by atoms with Crippen LogP contribution < -0.4 is 5.32 Å². The van der Waals surface area contributed by atoms with Gasteiger partial charge in [0.2, 0.25) is 0 Å². The third kappa shape index (κ3) is 3.94. The molecule has 7 nitrogen and oxygen atoms in total. The molecule has 0 atom stereocenters. The average molecular weight is 394 g/mol. The molecular formula is C19H15FN6OS. The highest BCUT2D eigenvalue weighted by Crippen LogP contribution is 2.26. The number of hydrogen-bond donors (Lipinski definition) is 1. The highest BCUT2D eigenvalue weighted by molar-refractivity contribution is 7.15. The zero-order chi connectivity index (χ0) is 19.5. The van der Waals surface area contributed by atoms with E-state index in [2.05, 4.69) is 25.8 Å². The Hall–Kier alpha value is -3.46. The van der Waals surface area contributed by atoms with Crippen molar-refractivity contribution in [2.24, 2.45) is 0 Å². The molecule has 1 amide bonds. The second-order valence-corrected chi connectivity index (χ2v) is 7.17. The monoisotopic (exact) mass is 394 g/mol. The van der Waals surface area contributed by atoms with Crippen LogP contribution in [-0.2, 0) is 6.42 Å². The minimum Gasteiger partial charge on any atom is -0.298 e. The quantitative estimate of drug-likeness (QED) is 0.561. The molecule has 0 saturated carbocycles. The van der Waals surface area contributed by atoms with Crippen LogP contribution in [0.15, 0.2) is 54.9 Å². The number of amides is 1. The van der Waals surface area contributed by atoms with Crippen LogP contribution >= 0.6 is 11.3 Å². The maximum absolute atomic E-state index is 13.1. The fourth-order valence-corrected chi connectivity index (χ4v) is 3.66. The summed E-state index contributed by atoms with van der Waals surface area (Å²) in [6.45, 7) is 1.89. The van der Waals surface area contributed by atoms with E-state index in [9.17, 15) is 9.18 Å². The standard InChI is InChI=1S/C19H15FN6OS/c1-12-17(9-13-5-7-15(20)8-6-13)28-19(22-12)23-18(27)14-3-2-4-16(10-14)26-11-21-24-25-26/h2-8,10-11H,9H2,1H3,(H,22,23,27). The SMILES string of the molecule is Cc1nc(NC(=O)c2cccc(-n3cnnn3)c2)sc1Cc1ccc(F)cc1. The summed E-state index contributed by atoms with van der Waals surface area (Å²) in [5.41, 5.74) is 2.98. The van der Waals surface area contributed by atoms with Crippen molar-refractivity contribution in [3.8, 4) is 5.69 Å². The van der Waals surface area contributed by atoms with E-state index >= 15 is 0 Å². The van der Waals surface area contributed by atoms with Crippen LogP contribution in [0.2, 0.25) is 0 Å². The first kappa shape index (κ1) is 17.9. The number of carbonyl (C=O) groups is 1. The van der Waals surface area contributed by atoms with Gasteiger partial charge in [-0.25, -0.2) is 14.1 Å². The summed E-state index contributed by atoms with van der Waals surface area (Å²) in [4.78, 5) is 18.1. The summed E-state index contributed by atoms with van der Waals surface area (Å²) in [6.07, 6.45) is 2.09. The smallest absolute Gasteiger partial charge is 0.257 e. The Labute approximate surface area is 163 Å². The number of thiazole rings is 1. The van der Waals surface area contributed by atoms with Crippen molar-refractivity contribution in [1.82, 2.24) is 25.2 Å². The van der Waals surface area contributed by atoms with Crippen molar-refractivity contribution in [3.05, 3.63) is 82.4 Å². The highest BCUT2D eigenvalue weighted by atomic mass is 32.1. The van der Waals surface area contributed by atoms with E-state index in [0.717, 1.165) is 16.1 Å². The van der Waals surface area contributed by atoms with Crippen LogP contribution in [0, 0.1) is 12.7 Å². The van der Waals surface area contributed by atoms with Gasteiger partial charge in [-0.3, -0.25) is 10.1 Å². The van der Waals surface area contributed by atoms with Gasteiger partial charge in [-0.05, 0) is 53.2 Å². The van der Waals surface area contributed by atoms with E-state index in [1.807, 2.05) is 13.0 Å². The molecule has 0 unspecified atom stereocenters. The molecule has 4 rings (SSSR count). The summed E-state index contributed by atoms with van der Waals surface area (Å²) in [7, 11) is 0.